The van der Waals surface area contributed by atoms with Gasteiger partial charge in [0.1, 0.15) is 0 Å². The molecule has 10 nitrogen and oxygen atoms in total. The van der Waals surface area contributed by atoms with E-state index in [9.17, 15) is 39.5 Å². The van der Waals surface area contributed by atoms with Crippen LogP contribution in [0.2, 0.25) is 0 Å². The lowest BCUT2D eigenvalue weighted by Gasteiger charge is -2.30. The molecule has 3 N–H and O–H groups in total. The van der Waals surface area contributed by atoms with E-state index in [0.717, 1.165) is 18.2 Å². The molecule has 1 aromatic heterocycles. The topological polar surface area (TPSA) is 140 Å². The molecule has 2 aliphatic heterocycles. The minimum Gasteiger partial charge on any atom is -0.475 e. The van der Waals surface area contributed by atoms with Crippen LogP contribution >= 0.6 is 0 Å². The lowest BCUT2D eigenvalue weighted by molar-refractivity contribution is -0.193. The summed E-state index contributed by atoms with van der Waals surface area (Å²) in [6, 6.07) is 6.04. The Bertz CT molecular complexity index is 1010. The number of aromatic nitrogens is 1. The van der Waals surface area contributed by atoms with Crippen LogP contribution in [0, 0.1) is 17.3 Å². The maximum absolute atomic E-state index is 10.6. The monoisotopic (exact) mass is 657 g/mol. The van der Waals surface area contributed by atoms with Crippen molar-refractivity contribution in [2.75, 3.05) is 46.4 Å². The molecule has 19 heteroatoms. The predicted molar refractivity (Wildman–Crippen MR) is 132 cm³/mol. The molecule has 1 aromatic rings. The molecule has 252 valence electrons. The van der Waals surface area contributed by atoms with Gasteiger partial charge in [0.05, 0.1) is 18.9 Å². The first-order valence-electron chi connectivity index (χ1n) is 12.9. The Hall–Kier alpha value is -3.19. The van der Waals surface area contributed by atoms with Gasteiger partial charge in [-0.1, -0.05) is 6.07 Å². The highest BCUT2D eigenvalue weighted by Crippen LogP contribution is 2.45. The summed E-state index contributed by atoms with van der Waals surface area (Å²) in [5.41, 5.74) is 1.51. The Morgan fingerprint density at radius 3 is 1.77 bits per heavy atom. The molecule has 3 aliphatic rings. The Balaban J connectivity index is 0.000000379. The van der Waals surface area contributed by atoms with Gasteiger partial charge in [-0.15, -0.1) is 0 Å². The molecule has 2 saturated heterocycles. The van der Waals surface area contributed by atoms with Crippen LogP contribution in [0.15, 0.2) is 24.4 Å². The summed E-state index contributed by atoms with van der Waals surface area (Å²) in [4.78, 5) is 36.3. The number of pyridine rings is 1. The third-order valence-electron chi connectivity index (χ3n) is 6.70. The number of aliphatic carboxylic acids is 3. The van der Waals surface area contributed by atoms with E-state index in [1.54, 1.807) is 0 Å². The van der Waals surface area contributed by atoms with Crippen molar-refractivity contribution in [3.63, 3.8) is 0 Å². The molecular formula is C25H32F9N3O7. The number of likely N-dealkylation sites (tertiary alicyclic amines) is 2. The number of ether oxygens (including phenoxy) is 1. The van der Waals surface area contributed by atoms with Crippen molar-refractivity contribution in [2.24, 2.45) is 17.3 Å². The zero-order valence-corrected chi connectivity index (χ0v) is 23.3. The molecule has 3 heterocycles. The minimum absolute atomic E-state index is 0.466. The smallest absolute Gasteiger partial charge is 0.475 e. The summed E-state index contributed by atoms with van der Waals surface area (Å²) in [5.74, 6) is -6.61. The highest BCUT2D eigenvalue weighted by molar-refractivity contribution is 5.73. The number of carboxylic acid groups (broad SMARTS) is 3. The SMILES string of the molecule is CN1CC[C@]2(C1)CN(CC1CC1)C[C@@H]2COCc1ccccn1.O=C(O)C(F)(F)F.O=C(O)C(F)(F)F.O=C(O)C(F)(F)F. The van der Waals surface area contributed by atoms with Crippen LogP contribution in [0.3, 0.4) is 0 Å². The lowest BCUT2D eigenvalue weighted by Crippen LogP contribution is -2.35. The number of halogens is 9. The Morgan fingerprint density at radius 1 is 0.909 bits per heavy atom. The second kappa shape index (κ2) is 16.2. The highest BCUT2D eigenvalue weighted by atomic mass is 19.4. The van der Waals surface area contributed by atoms with Gasteiger partial charge in [-0.3, -0.25) is 4.98 Å². The van der Waals surface area contributed by atoms with Gasteiger partial charge < -0.3 is 29.9 Å². The molecule has 1 saturated carbocycles. The summed E-state index contributed by atoms with van der Waals surface area (Å²) in [6.07, 6.45) is -9.17. The summed E-state index contributed by atoms with van der Waals surface area (Å²) < 4.78 is 101. The summed E-state index contributed by atoms with van der Waals surface area (Å²) in [6.45, 7) is 7.84. The molecule has 3 fully saturated rings. The number of rotatable bonds is 6. The van der Waals surface area contributed by atoms with Crippen LogP contribution < -0.4 is 0 Å². The summed E-state index contributed by atoms with van der Waals surface area (Å²) >= 11 is 0. The van der Waals surface area contributed by atoms with E-state index in [2.05, 4.69) is 21.8 Å². The van der Waals surface area contributed by atoms with Crippen LogP contribution in [-0.2, 0) is 25.7 Å². The maximum atomic E-state index is 10.6. The fourth-order valence-corrected chi connectivity index (χ4v) is 4.54. The van der Waals surface area contributed by atoms with Gasteiger partial charge in [0.25, 0.3) is 0 Å². The third kappa shape index (κ3) is 14.5. The van der Waals surface area contributed by atoms with E-state index in [4.69, 9.17) is 34.4 Å². The van der Waals surface area contributed by atoms with Crippen LogP contribution in [0.4, 0.5) is 39.5 Å². The number of alkyl halides is 9. The van der Waals surface area contributed by atoms with Crippen molar-refractivity contribution in [1.82, 2.24) is 14.8 Å². The maximum Gasteiger partial charge on any atom is 0.490 e. The van der Waals surface area contributed by atoms with Crippen LogP contribution in [0.25, 0.3) is 0 Å². The summed E-state index contributed by atoms with van der Waals surface area (Å²) in [7, 11) is 2.27. The van der Waals surface area contributed by atoms with Crippen LogP contribution in [0.1, 0.15) is 25.0 Å². The summed E-state index contributed by atoms with van der Waals surface area (Å²) in [5, 5.41) is 21.4. The van der Waals surface area contributed by atoms with E-state index in [-0.39, 0.29) is 0 Å². The second-order valence-corrected chi connectivity index (χ2v) is 10.4. The number of nitrogens with zero attached hydrogens (tertiary/aromatic N) is 3. The first-order chi connectivity index (χ1) is 20.1. The molecule has 2 atom stereocenters. The van der Waals surface area contributed by atoms with Crippen molar-refractivity contribution >= 4 is 17.9 Å². The fraction of sp³-hybridized carbons (Fsp3) is 0.680. The first-order valence-corrected chi connectivity index (χ1v) is 12.9. The largest absolute Gasteiger partial charge is 0.490 e. The van der Waals surface area contributed by atoms with Crippen molar-refractivity contribution in [3.8, 4) is 0 Å². The van der Waals surface area contributed by atoms with Crippen LogP contribution in [-0.4, -0.2) is 113 Å². The molecule has 4 rings (SSSR count). The molecule has 44 heavy (non-hydrogen) atoms. The van der Waals surface area contributed by atoms with E-state index >= 15 is 0 Å². The zero-order valence-electron chi connectivity index (χ0n) is 23.3. The van der Waals surface area contributed by atoms with E-state index < -0.39 is 36.4 Å². The van der Waals surface area contributed by atoms with E-state index in [0.29, 0.717) is 17.9 Å². The van der Waals surface area contributed by atoms with Gasteiger partial charge in [-0.2, -0.15) is 39.5 Å². The van der Waals surface area contributed by atoms with Gasteiger partial charge in [-0.05, 0) is 50.9 Å². The number of hydrogen-bond donors (Lipinski definition) is 3. The average Bonchev–Trinajstić information content (AvgIpc) is 3.53. The molecule has 0 aromatic carbocycles. The Labute approximate surface area is 245 Å². The lowest BCUT2D eigenvalue weighted by atomic mass is 9.78. The fourth-order valence-electron chi connectivity index (χ4n) is 4.54. The number of carboxylic acids is 3. The minimum atomic E-state index is -5.08. The van der Waals surface area contributed by atoms with Crippen molar-refractivity contribution < 1.29 is 74.0 Å². The number of hydrogen-bond acceptors (Lipinski definition) is 7. The predicted octanol–water partition coefficient (Wildman–Crippen LogP) is 4.16. The van der Waals surface area contributed by atoms with E-state index in [1.165, 1.54) is 52.0 Å². The molecule has 0 radical (unpaired) electrons. The number of carbonyl (C=O) groups is 3. The van der Waals surface area contributed by atoms with Gasteiger partial charge in [0, 0.05) is 43.7 Å². The molecule has 0 bridgehead atoms. The van der Waals surface area contributed by atoms with Crippen molar-refractivity contribution in [3.05, 3.63) is 30.1 Å². The average molecular weight is 658 g/mol. The third-order valence-corrected chi connectivity index (χ3v) is 6.70. The Morgan fingerprint density at radius 2 is 1.41 bits per heavy atom. The molecule has 1 aliphatic carbocycles. The first kappa shape index (κ1) is 38.8. The van der Waals surface area contributed by atoms with Gasteiger partial charge in [-0.25, -0.2) is 14.4 Å². The zero-order chi connectivity index (χ0) is 33.9. The van der Waals surface area contributed by atoms with Gasteiger partial charge in [0.2, 0.25) is 0 Å². The van der Waals surface area contributed by atoms with Crippen molar-refractivity contribution in [1.29, 1.82) is 0 Å². The van der Waals surface area contributed by atoms with Gasteiger partial charge in [0.15, 0.2) is 0 Å². The second-order valence-electron chi connectivity index (χ2n) is 10.4. The van der Waals surface area contributed by atoms with Gasteiger partial charge >= 0.3 is 36.4 Å². The molecule has 0 unspecified atom stereocenters. The van der Waals surface area contributed by atoms with E-state index in [1.807, 2.05) is 24.4 Å². The molecule has 0 amide bonds. The standard InChI is InChI=1S/C19H29N3O.3C2HF3O2/c1-21-9-7-19(14-21)15-22(10-16-5-6-16)11-17(19)12-23-13-18-4-2-3-8-20-18;3*3-2(4,5)1(6)7/h2-4,8,16-17H,5-7,9-15H2,1H3;3*(H,6,7)/t17-,19+;;;/m1.../s1. The van der Waals surface area contributed by atoms with Crippen molar-refractivity contribution in [2.45, 2.75) is 44.4 Å². The van der Waals surface area contributed by atoms with Crippen LogP contribution in [0.5, 0.6) is 0 Å². The normalized spacial score (nSPS) is 22.2. The Kier molecular flexibility index (Phi) is 14.3. The molecular weight excluding hydrogens is 625 g/mol. The quantitative estimate of drug-likeness (QED) is 0.382. The molecule has 1 spiro atoms. The highest BCUT2D eigenvalue weighted by Gasteiger charge is 2.50.